The van der Waals surface area contributed by atoms with Crippen LogP contribution in [0, 0.1) is 5.92 Å². The van der Waals surface area contributed by atoms with Crippen LogP contribution in [0.25, 0.3) is 0 Å². The Morgan fingerprint density at radius 2 is 1.57 bits per heavy atom. The van der Waals surface area contributed by atoms with Crippen LogP contribution in [0.5, 0.6) is 0 Å². The van der Waals surface area contributed by atoms with E-state index in [4.69, 9.17) is 23.2 Å². The highest BCUT2D eigenvalue weighted by Crippen LogP contribution is 2.26. The maximum atomic E-state index is 12.3. The van der Waals surface area contributed by atoms with Crippen molar-refractivity contribution in [2.45, 2.75) is 18.7 Å². The molecule has 2 aromatic rings. The van der Waals surface area contributed by atoms with Gasteiger partial charge < -0.3 is 5.32 Å². The molecule has 0 amide bonds. The van der Waals surface area contributed by atoms with Crippen molar-refractivity contribution in [1.29, 1.82) is 0 Å². The van der Waals surface area contributed by atoms with E-state index >= 15 is 0 Å². The molecule has 0 bridgehead atoms. The van der Waals surface area contributed by atoms with E-state index in [0.717, 1.165) is 12.2 Å². The molecule has 0 saturated heterocycles. The largest absolute Gasteiger partial charge is 0.385 e. The molecule has 23 heavy (non-hydrogen) atoms. The third-order valence-electron chi connectivity index (χ3n) is 3.05. The van der Waals surface area contributed by atoms with Crippen LogP contribution >= 0.6 is 23.2 Å². The second kappa shape index (κ2) is 7.43. The molecule has 124 valence electrons. The highest BCUT2D eigenvalue weighted by molar-refractivity contribution is 7.92. The lowest BCUT2D eigenvalue weighted by atomic mass is 10.2. The van der Waals surface area contributed by atoms with Gasteiger partial charge in [-0.15, -0.1) is 0 Å². The molecular formula is C16H18Cl2N2O2S. The topological polar surface area (TPSA) is 58.2 Å². The van der Waals surface area contributed by atoms with Crippen molar-refractivity contribution in [3.05, 3.63) is 52.5 Å². The van der Waals surface area contributed by atoms with Gasteiger partial charge in [0, 0.05) is 17.9 Å². The first-order valence-corrected chi connectivity index (χ1v) is 9.33. The van der Waals surface area contributed by atoms with E-state index in [-0.39, 0.29) is 9.92 Å². The molecule has 0 unspecified atom stereocenters. The smallest absolute Gasteiger partial charge is 0.261 e. The fraction of sp³-hybridized carbons (Fsp3) is 0.250. The number of anilines is 2. The lowest BCUT2D eigenvalue weighted by Crippen LogP contribution is -2.13. The van der Waals surface area contributed by atoms with Crippen molar-refractivity contribution < 1.29 is 8.42 Å². The Morgan fingerprint density at radius 3 is 2.13 bits per heavy atom. The van der Waals surface area contributed by atoms with Gasteiger partial charge in [0.1, 0.15) is 0 Å². The zero-order chi connectivity index (χ0) is 17.0. The second-order valence-electron chi connectivity index (χ2n) is 5.53. The highest BCUT2D eigenvalue weighted by Gasteiger charge is 2.15. The maximum Gasteiger partial charge on any atom is 0.261 e. The Hall–Kier alpha value is -1.43. The predicted octanol–water partition coefficient (Wildman–Crippen LogP) is 4.86. The number of rotatable bonds is 6. The molecule has 0 aromatic heterocycles. The lowest BCUT2D eigenvalue weighted by Gasteiger charge is -2.11. The summed E-state index contributed by atoms with van der Waals surface area (Å²) in [6.45, 7) is 5.09. The fourth-order valence-electron chi connectivity index (χ4n) is 1.84. The van der Waals surface area contributed by atoms with Crippen LogP contribution in [0.3, 0.4) is 0 Å². The van der Waals surface area contributed by atoms with Crippen LogP contribution in [0.4, 0.5) is 11.4 Å². The first-order valence-electron chi connectivity index (χ1n) is 7.10. The minimum atomic E-state index is -3.70. The SMILES string of the molecule is CC(C)CNc1ccc(NS(=O)(=O)c2ccc(Cl)c(Cl)c2)cc1. The summed E-state index contributed by atoms with van der Waals surface area (Å²) in [6.07, 6.45) is 0. The molecule has 2 rings (SSSR count). The average Bonchev–Trinajstić information content (AvgIpc) is 2.49. The van der Waals surface area contributed by atoms with Gasteiger partial charge in [-0.25, -0.2) is 8.42 Å². The first kappa shape index (κ1) is 17.9. The Labute approximate surface area is 146 Å². The number of sulfonamides is 1. The monoisotopic (exact) mass is 372 g/mol. The molecule has 2 aromatic carbocycles. The summed E-state index contributed by atoms with van der Waals surface area (Å²) < 4.78 is 27.2. The Morgan fingerprint density at radius 1 is 0.957 bits per heavy atom. The molecule has 0 saturated carbocycles. The van der Waals surface area contributed by atoms with Crippen molar-refractivity contribution in [1.82, 2.24) is 0 Å². The predicted molar refractivity (Wildman–Crippen MR) is 97.0 cm³/mol. The molecule has 0 spiro atoms. The third kappa shape index (κ3) is 5.03. The van der Waals surface area contributed by atoms with Crippen LogP contribution < -0.4 is 10.0 Å². The van der Waals surface area contributed by atoms with E-state index in [1.165, 1.54) is 18.2 Å². The molecule has 7 heteroatoms. The Bertz CT molecular complexity index is 775. The maximum absolute atomic E-state index is 12.3. The van der Waals surface area contributed by atoms with Gasteiger partial charge in [0.05, 0.1) is 14.9 Å². The number of hydrogen-bond donors (Lipinski definition) is 2. The fourth-order valence-corrected chi connectivity index (χ4v) is 3.28. The third-order valence-corrected chi connectivity index (χ3v) is 5.17. The molecule has 0 radical (unpaired) electrons. The zero-order valence-electron chi connectivity index (χ0n) is 12.8. The van der Waals surface area contributed by atoms with E-state index in [0.29, 0.717) is 16.6 Å². The standard InChI is InChI=1S/C16H18Cl2N2O2S/c1-11(2)10-19-12-3-5-13(6-4-12)20-23(21,22)14-7-8-15(17)16(18)9-14/h3-9,11,19-20H,10H2,1-2H3. The zero-order valence-corrected chi connectivity index (χ0v) is 15.1. The van der Waals surface area contributed by atoms with Gasteiger partial charge in [0.25, 0.3) is 10.0 Å². The van der Waals surface area contributed by atoms with Gasteiger partial charge in [0.2, 0.25) is 0 Å². The van der Waals surface area contributed by atoms with E-state index in [1.54, 1.807) is 12.1 Å². The normalized spacial score (nSPS) is 11.5. The number of hydrogen-bond acceptors (Lipinski definition) is 3. The van der Waals surface area contributed by atoms with Crippen molar-refractivity contribution in [3.8, 4) is 0 Å². The summed E-state index contributed by atoms with van der Waals surface area (Å²) in [5, 5.41) is 3.78. The summed E-state index contributed by atoms with van der Waals surface area (Å²) in [6, 6.07) is 11.3. The molecule has 0 aliphatic heterocycles. The summed E-state index contributed by atoms with van der Waals surface area (Å²) >= 11 is 11.7. The summed E-state index contributed by atoms with van der Waals surface area (Å²) in [7, 11) is -3.70. The van der Waals surface area contributed by atoms with Crippen molar-refractivity contribution in [3.63, 3.8) is 0 Å². The second-order valence-corrected chi connectivity index (χ2v) is 8.03. The molecule has 0 aliphatic rings. The summed E-state index contributed by atoms with van der Waals surface area (Å²) in [5.74, 6) is 0.530. The van der Waals surface area contributed by atoms with Gasteiger partial charge in [0.15, 0.2) is 0 Å². The first-order chi connectivity index (χ1) is 10.8. The van der Waals surface area contributed by atoms with Crippen molar-refractivity contribution in [2.75, 3.05) is 16.6 Å². The van der Waals surface area contributed by atoms with Crippen molar-refractivity contribution in [2.24, 2.45) is 5.92 Å². The molecule has 0 fully saturated rings. The highest BCUT2D eigenvalue weighted by atomic mass is 35.5. The minimum Gasteiger partial charge on any atom is -0.385 e. The number of benzene rings is 2. The lowest BCUT2D eigenvalue weighted by molar-refractivity contribution is 0.601. The van der Waals surface area contributed by atoms with Crippen LogP contribution in [-0.4, -0.2) is 15.0 Å². The molecule has 0 heterocycles. The number of halogens is 2. The summed E-state index contributed by atoms with van der Waals surface area (Å²) in [5.41, 5.74) is 1.42. The molecular weight excluding hydrogens is 355 g/mol. The van der Waals surface area contributed by atoms with Crippen molar-refractivity contribution >= 4 is 44.6 Å². The van der Waals surface area contributed by atoms with Crippen LogP contribution in [0.1, 0.15) is 13.8 Å². The minimum absolute atomic E-state index is 0.0638. The average molecular weight is 373 g/mol. The molecule has 2 N–H and O–H groups in total. The van der Waals surface area contributed by atoms with E-state index in [1.807, 2.05) is 12.1 Å². The van der Waals surface area contributed by atoms with E-state index < -0.39 is 10.0 Å². The van der Waals surface area contributed by atoms with E-state index in [9.17, 15) is 8.42 Å². The van der Waals surface area contributed by atoms with Gasteiger partial charge in [-0.05, 0) is 48.4 Å². The Kier molecular flexibility index (Phi) is 5.79. The van der Waals surface area contributed by atoms with Crippen LogP contribution in [0.2, 0.25) is 10.0 Å². The quantitative estimate of drug-likeness (QED) is 0.760. The van der Waals surface area contributed by atoms with Crippen LogP contribution in [-0.2, 0) is 10.0 Å². The number of nitrogens with one attached hydrogen (secondary N) is 2. The van der Waals surface area contributed by atoms with Gasteiger partial charge in [-0.2, -0.15) is 0 Å². The van der Waals surface area contributed by atoms with Crippen LogP contribution in [0.15, 0.2) is 47.4 Å². The molecule has 0 atom stereocenters. The van der Waals surface area contributed by atoms with Gasteiger partial charge in [-0.1, -0.05) is 37.0 Å². The van der Waals surface area contributed by atoms with E-state index in [2.05, 4.69) is 23.9 Å². The molecule has 0 aliphatic carbocycles. The summed E-state index contributed by atoms with van der Waals surface area (Å²) in [4.78, 5) is 0.0638. The molecule has 4 nitrogen and oxygen atoms in total. The van der Waals surface area contributed by atoms with Gasteiger partial charge in [-0.3, -0.25) is 4.72 Å². The van der Waals surface area contributed by atoms with Gasteiger partial charge >= 0.3 is 0 Å². The Balaban J connectivity index is 2.12.